The van der Waals surface area contributed by atoms with Crippen molar-refractivity contribution in [3.63, 3.8) is 0 Å². The van der Waals surface area contributed by atoms with E-state index in [0.717, 1.165) is 16.5 Å². The molecule has 1 aromatic carbocycles. The standard InChI is InChI=1S/C12H13BrClF/c13-11-6-10(15)3-2-9(11)7-12(8-14)4-1-5-12/h2-3,6H,1,4-5,7-8H2. The Hall–Kier alpha value is -0.0800. The van der Waals surface area contributed by atoms with Gasteiger partial charge >= 0.3 is 0 Å². The molecule has 3 heteroatoms. The fraction of sp³-hybridized carbons (Fsp3) is 0.500. The summed E-state index contributed by atoms with van der Waals surface area (Å²) in [6.45, 7) is 0. The van der Waals surface area contributed by atoms with Gasteiger partial charge in [0, 0.05) is 10.4 Å². The molecule has 0 aromatic heterocycles. The zero-order valence-electron chi connectivity index (χ0n) is 8.40. The van der Waals surface area contributed by atoms with E-state index in [1.54, 1.807) is 0 Å². The molecule has 0 spiro atoms. The first kappa shape index (κ1) is 11.4. The molecule has 82 valence electrons. The van der Waals surface area contributed by atoms with Gasteiger partial charge in [0.2, 0.25) is 0 Å². The van der Waals surface area contributed by atoms with Crippen molar-refractivity contribution in [2.45, 2.75) is 25.7 Å². The Kier molecular flexibility index (Phi) is 3.36. The third-order valence-corrected chi connectivity index (χ3v) is 4.58. The molecule has 0 N–H and O–H groups in total. The number of hydrogen-bond donors (Lipinski definition) is 0. The van der Waals surface area contributed by atoms with E-state index >= 15 is 0 Å². The lowest BCUT2D eigenvalue weighted by Gasteiger charge is -2.40. The molecule has 0 saturated heterocycles. The second-order valence-electron chi connectivity index (χ2n) is 4.40. The molecule has 0 amide bonds. The Labute approximate surface area is 103 Å². The fourth-order valence-electron chi connectivity index (χ4n) is 2.10. The molecule has 0 atom stereocenters. The van der Waals surface area contributed by atoms with E-state index in [2.05, 4.69) is 15.9 Å². The van der Waals surface area contributed by atoms with Crippen molar-refractivity contribution in [3.8, 4) is 0 Å². The molecule has 0 aliphatic heterocycles. The van der Waals surface area contributed by atoms with Crippen molar-refractivity contribution in [2.24, 2.45) is 5.41 Å². The first-order chi connectivity index (χ1) is 7.15. The Morgan fingerprint density at radius 3 is 2.60 bits per heavy atom. The quantitative estimate of drug-likeness (QED) is 0.717. The molecule has 1 saturated carbocycles. The molecule has 0 heterocycles. The van der Waals surface area contributed by atoms with Crippen molar-refractivity contribution in [1.29, 1.82) is 0 Å². The van der Waals surface area contributed by atoms with Crippen molar-refractivity contribution in [2.75, 3.05) is 5.88 Å². The highest BCUT2D eigenvalue weighted by molar-refractivity contribution is 9.10. The third-order valence-electron chi connectivity index (χ3n) is 3.28. The van der Waals surface area contributed by atoms with Gasteiger partial charge in [-0.25, -0.2) is 4.39 Å². The van der Waals surface area contributed by atoms with Gasteiger partial charge in [-0.3, -0.25) is 0 Å². The van der Waals surface area contributed by atoms with E-state index in [4.69, 9.17) is 11.6 Å². The van der Waals surface area contributed by atoms with Crippen molar-refractivity contribution < 1.29 is 4.39 Å². The summed E-state index contributed by atoms with van der Waals surface area (Å²) in [6.07, 6.45) is 4.61. The van der Waals surface area contributed by atoms with Crippen LogP contribution in [-0.4, -0.2) is 5.88 Å². The van der Waals surface area contributed by atoms with E-state index in [1.807, 2.05) is 6.07 Å². The molecule has 0 unspecified atom stereocenters. The van der Waals surface area contributed by atoms with Gasteiger partial charge in [0.05, 0.1) is 0 Å². The van der Waals surface area contributed by atoms with E-state index < -0.39 is 0 Å². The lowest BCUT2D eigenvalue weighted by Crippen LogP contribution is -2.33. The normalized spacial score (nSPS) is 18.6. The van der Waals surface area contributed by atoms with Crippen LogP contribution in [0.5, 0.6) is 0 Å². The second kappa shape index (κ2) is 4.42. The maximum absolute atomic E-state index is 12.9. The van der Waals surface area contributed by atoms with Crippen LogP contribution in [0, 0.1) is 11.2 Å². The van der Waals surface area contributed by atoms with Crippen LogP contribution in [-0.2, 0) is 6.42 Å². The Bertz CT molecular complexity index is 355. The summed E-state index contributed by atoms with van der Waals surface area (Å²) < 4.78 is 13.8. The number of hydrogen-bond acceptors (Lipinski definition) is 0. The monoisotopic (exact) mass is 290 g/mol. The lowest BCUT2D eigenvalue weighted by atomic mass is 9.67. The van der Waals surface area contributed by atoms with Crippen LogP contribution in [0.4, 0.5) is 4.39 Å². The fourth-order valence-corrected chi connectivity index (χ4v) is 2.96. The van der Waals surface area contributed by atoms with Crippen molar-refractivity contribution in [1.82, 2.24) is 0 Å². The summed E-state index contributed by atoms with van der Waals surface area (Å²) in [7, 11) is 0. The first-order valence-electron chi connectivity index (χ1n) is 5.15. The predicted molar refractivity (Wildman–Crippen MR) is 64.8 cm³/mol. The third kappa shape index (κ3) is 2.36. The minimum absolute atomic E-state index is 0.195. The number of benzene rings is 1. The summed E-state index contributed by atoms with van der Waals surface area (Å²) in [6, 6.07) is 4.89. The number of halogens is 3. The van der Waals surface area contributed by atoms with Crippen molar-refractivity contribution >= 4 is 27.5 Å². The minimum Gasteiger partial charge on any atom is -0.207 e. The lowest BCUT2D eigenvalue weighted by molar-refractivity contribution is 0.166. The van der Waals surface area contributed by atoms with Crippen LogP contribution in [0.3, 0.4) is 0 Å². The molecule has 2 rings (SSSR count). The highest BCUT2D eigenvalue weighted by Gasteiger charge is 2.36. The minimum atomic E-state index is -0.195. The molecule has 0 radical (unpaired) electrons. The molecule has 1 aromatic rings. The van der Waals surface area contributed by atoms with Crippen molar-refractivity contribution in [3.05, 3.63) is 34.1 Å². The zero-order valence-corrected chi connectivity index (χ0v) is 10.7. The highest BCUT2D eigenvalue weighted by Crippen LogP contribution is 2.45. The maximum Gasteiger partial charge on any atom is 0.124 e. The molecule has 1 fully saturated rings. The zero-order chi connectivity index (χ0) is 10.9. The van der Waals surface area contributed by atoms with Gasteiger partial charge in [-0.05, 0) is 42.4 Å². The summed E-state index contributed by atoms with van der Waals surface area (Å²) in [5.41, 5.74) is 1.43. The average molecular weight is 292 g/mol. The van der Waals surface area contributed by atoms with E-state index in [1.165, 1.54) is 31.4 Å². The first-order valence-corrected chi connectivity index (χ1v) is 6.48. The van der Waals surface area contributed by atoms with Gasteiger partial charge in [-0.2, -0.15) is 0 Å². The van der Waals surface area contributed by atoms with Gasteiger partial charge < -0.3 is 0 Å². The number of alkyl halides is 1. The summed E-state index contributed by atoms with van der Waals surface area (Å²) in [5.74, 6) is 0.510. The molecular weight excluding hydrogens is 278 g/mol. The van der Waals surface area contributed by atoms with Gasteiger partial charge in [0.15, 0.2) is 0 Å². The smallest absolute Gasteiger partial charge is 0.124 e. The van der Waals surface area contributed by atoms with E-state index in [0.29, 0.717) is 5.88 Å². The van der Waals surface area contributed by atoms with Gasteiger partial charge in [-0.15, -0.1) is 11.6 Å². The largest absolute Gasteiger partial charge is 0.207 e. The summed E-state index contributed by atoms with van der Waals surface area (Å²) >= 11 is 9.40. The Morgan fingerprint density at radius 2 is 2.13 bits per heavy atom. The molecule has 1 aliphatic carbocycles. The van der Waals surface area contributed by atoms with E-state index in [9.17, 15) is 4.39 Å². The van der Waals surface area contributed by atoms with Crippen LogP contribution in [0.1, 0.15) is 24.8 Å². The molecular formula is C12H13BrClF. The maximum atomic E-state index is 12.9. The van der Waals surface area contributed by atoms with E-state index in [-0.39, 0.29) is 11.2 Å². The predicted octanol–water partition coefficient (Wildman–Crippen LogP) is 4.54. The Morgan fingerprint density at radius 1 is 1.40 bits per heavy atom. The molecule has 1 aliphatic rings. The number of rotatable bonds is 3. The van der Waals surface area contributed by atoms with Crippen LogP contribution in [0.25, 0.3) is 0 Å². The SMILES string of the molecule is Fc1ccc(CC2(CCl)CCC2)c(Br)c1. The van der Waals surface area contributed by atoms with Crippen LogP contribution < -0.4 is 0 Å². The second-order valence-corrected chi connectivity index (χ2v) is 5.52. The molecule has 15 heavy (non-hydrogen) atoms. The summed E-state index contributed by atoms with van der Waals surface area (Å²) in [4.78, 5) is 0. The van der Waals surface area contributed by atoms with Gasteiger partial charge in [0.25, 0.3) is 0 Å². The molecule has 0 bridgehead atoms. The van der Waals surface area contributed by atoms with Crippen LogP contribution in [0.2, 0.25) is 0 Å². The van der Waals surface area contributed by atoms with Crippen LogP contribution >= 0.6 is 27.5 Å². The van der Waals surface area contributed by atoms with Gasteiger partial charge in [0.1, 0.15) is 5.82 Å². The summed E-state index contributed by atoms with van der Waals surface area (Å²) in [5, 5.41) is 0. The topological polar surface area (TPSA) is 0 Å². The average Bonchev–Trinajstić information content (AvgIpc) is 2.14. The Balaban J connectivity index is 2.16. The highest BCUT2D eigenvalue weighted by atomic mass is 79.9. The van der Waals surface area contributed by atoms with Crippen LogP contribution in [0.15, 0.2) is 22.7 Å². The molecule has 0 nitrogen and oxygen atoms in total. The van der Waals surface area contributed by atoms with Gasteiger partial charge in [-0.1, -0.05) is 28.4 Å².